The first-order valence-electron chi connectivity index (χ1n) is 31.1. The van der Waals surface area contributed by atoms with Gasteiger partial charge in [0.15, 0.2) is 5.82 Å². The molecule has 0 aliphatic carbocycles. The Balaban J connectivity index is 1.14. The van der Waals surface area contributed by atoms with E-state index in [1.807, 2.05) is 0 Å². The number of unbranched alkanes of at least 4 members (excludes halogenated alkanes) is 10. The third-order valence-corrected chi connectivity index (χ3v) is 16.9. The molecule has 6 aliphatic heterocycles. The molecule has 428 valence electrons. The van der Waals surface area contributed by atoms with E-state index in [-0.39, 0.29) is 0 Å². The fraction of sp³-hybridized carbons (Fsp3) is 0.208. The minimum Gasteiger partial charge on any atom is -0.494 e. The molecule has 0 unspecified atom stereocenters. The van der Waals surface area contributed by atoms with Crippen molar-refractivity contribution in [1.82, 2.24) is 39.9 Å². The number of aromatic amines is 3. The molecular weight excluding hydrogens is 1070 g/mol. The number of fused-ring (bicyclic) bond motifs is 2. The molecule has 6 aliphatic rings. The summed E-state index contributed by atoms with van der Waals surface area (Å²) in [6.07, 6.45) is 26.1. The van der Waals surface area contributed by atoms with Crippen molar-refractivity contribution in [1.29, 1.82) is 0 Å². The Morgan fingerprint density at radius 1 is 0.414 bits per heavy atom. The monoisotopic (exact) mass is 1140 g/mol. The van der Waals surface area contributed by atoms with E-state index in [9.17, 15) is 0 Å². The minimum absolute atomic E-state index is 0.553. The second kappa shape index (κ2) is 24.8. The average molecular weight is 1140 g/mol. The number of ether oxygens (including phenoxy) is 2. The number of hydrogen-bond acceptors (Lipinski definition) is 7. The van der Waals surface area contributed by atoms with Gasteiger partial charge in [-0.05, 0) is 141 Å². The fourth-order valence-electron chi connectivity index (χ4n) is 12.3. The maximum atomic E-state index is 6.67. The van der Waals surface area contributed by atoms with Crippen LogP contribution in [0.25, 0.3) is 68.2 Å². The summed E-state index contributed by atoms with van der Waals surface area (Å²) in [5.41, 5.74) is 8.98. The van der Waals surface area contributed by atoms with Crippen molar-refractivity contribution in [2.75, 3.05) is 13.2 Å². The van der Waals surface area contributed by atoms with Gasteiger partial charge < -0.3 is 24.4 Å². The van der Waals surface area contributed by atoms with Gasteiger partial charge in [0.25, 0.3) is 0 Å². The number of aromatic nitrogens is 8. The zero-order valence-corrected chi connectivity index (χ0v) is 49.3. The highest BCUT2D eigenvalue weighted by atomic mass is 16.5. The smallest absolute Gasteiger partial charge is 0.182 e. The Hall–Kier alpha value is -10.1. The van der Waals surface area contributed by atoms with Crippen LogP contribution in [0.5, 0.6) is 11.5 Å². The molecule has 6 aromatic heterocycles. The lowest BCUT2D eigenvalue weighted by Gasteiger charge is -2.07. The van der Waals surface area contributed by atoms with Crippen LogP contribution in [-0.2, 0) is 0 Å². The Bertz CT molecular complexity index is 5180. The van der Waals surface area contributed by atoms with Gasteiger partial charge in [-0.15, -0.1) is 0 Å². The van der Waals surface area contributed by atoms with E-state index < -0.39 is 0 Å². The van der Waals surface area contributed by atoms with Crippen LogP contribution >= 0.6 is 0 Å². The summed E-state index contributed by atoms with van der Waals surface area (Å²) in [4.78, 5) is 37.3. The molecule has 0 atom stereocenters. The van der Waals surface area contributed by atoms with Gasteiger partial charge >= 0.3 is 0 Å². The molecule has 18 bridgehead atoms. The maximum absolute atomic E-state index is 6.67. The first-order chi connectivity index (χ1) is 43.0. The van der Waals surface area contributed by atoms with Crippen LogP contribution < -0.4 is 9.47 Å². The third kappa shape index (κ3) is 11.6. The number of benzene rings is 5. The zero-order chi connectivity index (χ0) is 58.5. The fourth-order valence-corrected chi connectivity index (χ4v) is 12.3. The topological polar surface area (TPSA) is 130 Å². The average Bonchev–Trinajstić information content (AvgIpc) is 2.43. The maximum Gasteiger partial charge on any atom is 0.182 e. The number of H-pyrrole nitrogens is 3. The highest BCUT2D eigenvalue weighted by Gasteiger charge is 2.14. The lowest BCUT2D eigenvalue weighted by atomic mass is 10.1. The molecule has 3 N–H and O–H groups in total. The summed E-state index contributed by atoms with van der Waals surface area (Å²) in [6.45, 7) is 5.78. The van der Waals surface area contributed by atoms with Crippen LogP contribution in [-0.4, -0.2) is 53.1 Å². The van der Waals surface area contributed by atoms with Crippen LogP contribution in [0.1, 0.15) is 125 Å². The summed E-state index contributed by atoms with van der Waals surface area (Å²) in [5.74, 6) is 9.02. The van der Waals surface area contributed by atoms with Gasteiger partial charge in [0.1, 0.15) is 11.5 Å². The lowest BCUT2D eigenvalue weighted by molar-refractivity contribution is 0.304. The van der Waals surface area contributed by atoms with E-state index in [4.69, 9.17) is 29.4 Å². The molecule has 0 saturated heterocycles. The number of hydrogen-bond donors (Lipinski definition) is 3. The lowest BCUT2D eigenvalue weighted by Crippen LogP contribution is -1.98. The number of nitrogens with zero attached hydrogens (tertiary/aromatic N) is 5. The standard InChI is InChI=1S/C77H68N8O2/c1-3-5-7-9-11-13-45-86-58-29-31-60-50-15-19-52(20-16-50)65-34-25-54-23-24-55-26-35-66(85-77(55)76(54)84-65)53-21-17-51(18-22-53)61-32-30-59(87-46-14-12-10-8-6-4-2)49-64(61)75-70-37-28-57(81-70)47-56-27-36-69(80-56)74(63(60)48-58)71-40-38-67(82-71)62(68-39-41-72(75)83-68)33-42-73-78-43-44-79-73/h15-32,34-41,43-44,47-49,80,83H,3-14,45-46H2,1-2H3,(H,78,79). The SMILES string of the molecule is CCCCCCCCOc1ccc2c(c1)=c1c3nc(c(C#Cc4ncc[nH]4)c4ccc([nH]4)c(c4nc(cc5ccc1[nH]5)C=C4)=c1cc(OCCCCCCCC)ccc1=c1ccc(cc1)=c1ccc4ccc5ccc(nc5c4n1)=c1ccc=2cc1)C=C3. The summed E-state index contributed by atoms with van der Waals surface area (Å²) in [6, 6.07) is 54.0. The molecule has 0 fully saturated rings. The molecule has 0 saturated carbocycles. The number of pyridine rings is 2. The molecule has 0 radical (unpaired) electrons. The van der Waals surface area contributed by atoms with Gasteiger partial charge in [0, 0.05) is 60.6 Å². The molecule has 10 nitrogen and oxygen atoms in total. The van der Waals surface area contributed by atoms with Gasteiger partial charge in [-0.2, -0.15) is 0 Å². The van der Waals surface area contributed by atoms with Crippen molar-refractivity contribution in [2.45, 2.75) is 90.9 Å². The molecule has 17 rings (SSSR count). The second-order valence-corrected chi connectivity index (χ2v) is 22.9. The highest BCUT2D eigenvalue weighted by molar-refractivity contribution is 6.02. The highest BCUT2D eigenvalue weighted by Crippen LogP contribution is 2.28. The van der Waals surface area contributed by atoms with Gasteiger partial charge in [-0.25, -0.2) is 24.9 Å². The van der Waals surface area contributed by atoms with Crippen molar-refractivity contribution >= 4 is 68.2 Å². The van der Waals surface area contributed by atoms with E-state index in [0.717, 1.165) is 161 Å². The van der Waals surface area contributed by atoms with E-state index in [0.29, 0.717) is 30.3 Å². The van der Waals surface area contributed by atoms with Crippen LogP contribution in [0.2, 0.25) is 0 Å². The molecule has 5 aromatic carbocycles. The summed E-state index contributed by atoms with van der Waals surface area (Å²) >= 11 is 0. The molecule has 87 heavy (non-hydrogen) atoms. The molecule has 12 heterocycles. The minimum atomic E-state index is 0.553. The van der Waals surface area contributed by atoms with Crippen LogP contribution in [0.3, 0.4) is 0 Å². The van der Waals surface area contributed by atoms with E-state index in [1.54, 1.807) is 12.4 Å². The summed E-state index contributed by atoms with van der Waals surface area (Å²) in [5, 5.41) is 13.7. The van der Waals surface area contributed by atoms with Crippen molar-refractivity contribution in [2.24, 2.45) is 0 Å². The summed E-state index contributed by atoms with van der Waals surface area (Å²) < 4.78 is 13.3. The number of imidazole rings is 1. The zero-order valence-electron chi connectivity index (χ0n) is 49.3. The van der Waals surface area contributed by atoms with Gasteiger partial charge in [0.2, 0.25) is 0 Å². The first kappa shape index (κ1) is 54.8. The van der Waals surface area contributed by atoms with Crippen LogP contribution in [0, 0.1) is 74.7 Å². The van der Waals surface area contributed by atoms with E-state index in [2.05, 4.69) is 222 Å². The van der Waals surface area contributed by atoms with E-state index in [1.165, 1.54) is 51.4 Å². The van der Waals surface area contributed by atoms with Gasteiger partial charge in [-0.1, -0.05) is 169 Å². The Labute approximate surface area is 503 Å². The first-order valence-corrected chi connectivity index (χ1v) is 31.1. The predicted molar refractivity (Wildman–Crippen MR) is 350 cm³/mol. The van der Waals surface area contributed by atoms with Crippen molar-refractivity contribution in [3.63, 3.8) is 0 Å². The largest absolute Gasteiger partial charge is 0.494 e. The van der Waals surface area contributed by atoms with Crippen molar-refractivity contribution < 1.29 is 9.47 Å². The Morgan fingerprint density at radius 3 is 1.53 bits per heavy atom. The number of rotatable bonds is 16. The predicted octanol–water partition coefficient (Wildman–Crippen LogP) is 17.4. The Morgan fingerprint density at radius 2 is 0.931 bits per heavy atom. The van der Waals surface area contributed by atoms with Crippen LogP contribution in [0.4, 0.5) is 0 Å². The van der Waals surface area contributed by atoms with Crippen molar-refractivity contribution in [3.05, 3.63) is 261 Å². The molecule has 10 heteroatoms. The third-order valence-electron chi connectivity index (χ3n) is 16.9. The molecular formula is C77H68N8O2. The molecule has 11 aromatic rings. The molecule has 0 amide bonds. The van der Waals surface area contributed by atoms with Crippen molar-refractivity contribution in [3.8, 4) is 23.3 Å². The Kier molecular flexibility index (Phi) is 15.7. The van der Waals surface area contributed by atoms with Gasteiger partial charge in [-0.3, -0.25) is 0 Å². The quantitative estimate of drug-likeness (QED) is 0.0499. The van der Waals surface area contributed by atoms with Gasteiger partial charge in [0.05, 0.1) is 68.8 Å². The van der Waals surface area contributed by atoms with Crippen LogP contribution in [0.15, 0.2) is 164 Å². The second-order valence-electron chi connectivity index (χ2n) is 22.9. The normalized spacial score (nSPS) is 12.0. The van der Waals surface area contributed by atoms with E-state index >= 15 is 0 Å². The molecule has 0 spiro atoms. The summed E-state index contributed by atoms with van der Waals surface area (Å²) in [7, 11) is 0. The number of nitrogens with one attached hydrogen (secondary N) is 3.